The number of carbonyl (C=O) groups is 2. The van der Waals surface area contributed by atoms with Gasteiger partial charge in [0, 0.05) is 6.04 Å². The highest BCUT2D eigenvalue weighted by molar-refractivity contribution is 5.72. The minimum atomic E-state index is -0.902. The molecule has 2 atom stereocenters. The SMILES string of the molecule is CC(C)CC(N)CC(=O)O.CC(C)CCC(N)C(=O)O. The van der Waals surface area contributed by atoms with Crippen LogP contribution in [-0.2, 0) is 9.59 Å². The van der Waals surface area contributed by atoms with E-state index in [1.165, 1.54) is 0 Å². The molecule has 0 heterocycles. The van der Waals surface area contributed by atoms with Crippen LogP contribution in [0.15, 0.2) is 0 Å². The Kier molecular flexibility index (Phi) is 12.3. The maximum Gasteiger partial charge on any atom is 0.320 e. The van der Waals surface area contributed by atoms with E-state index in [0.29, 0.717) is 18.3 Å². The van der Waals surface area contributed by atoms with Crippen LogP contribution in [-0.4, -0.2) is 34.2 Å². The predicted octanol–water partition coefficient (Wildman–Crippen LogP) is 1.67. The summed E-state index contributed by atoms with van der Waals surface area (Å²) in [4.78, 5) is 20.3. The lowest BCUT2D eigenvalue weighted by Gasteiger charge is -2.10. The molecule has 0 rings (SSSR count). The van der Waals surface area contributed by atoms with Gasteiger partial charge in [0.1, 0.15) is 6.04 Å². The number of carboxylic acid groups (broad SMARTS) is 2. The van der Waals surface area contributed by atoms with Crippen molar-refractivity contribution in [3.63, 3.8) is 0 Å². The molecule has 0 radical (unpaired) electrons. The zero-order valence-corrected chi connectivity index (χ0v) is 13.0. The third-order valence-corrected chi connectivity index (χ3v) is 2.58. The van der Waals surface area contributed by atoms with Crippen LogP contribution in [0, 0.1) is 11.8 Å². The highest BCUT2D eigenvalue weighted by Crippen LogP contribution is 2.05. The average molecular weight is 290 g/mol. The lowest BCUT2D eigenvalue weighted by atomic mass is 10.0. The fraction of sp³-hybridized carbons (Fsp3) is 0.857. The second kappa shape index (κ2) is 11.7. The van der Waals surface area contributed by atoms with Crippen LogP contribution in [0.5, 0.6) is 0 Å². The van der Waals surface area contributed by atoms with Crippen molar-refractivity contribution in [2.24, 2.45) is 23.3 Å². The van der Waals surface area contributed by atoms with Crippen LogP contribution in [0.4, 0.5) is 0 Å². The molecular formula is C14H30N2O4. The molecular weight excluding hydrogens is 260 g/mol. The maximum atomic E-state index is 10.2. The summed E-state index contributed by atoms with van der Waals surface area (Å²) in [5.41, 5.74) is 10.8. The van der Waals surface area contributed by atoms with E-state index in [0.717, 1.165) is 12.8 Å². The topological polar surface area (TPSA) is 127 Å². The Labute approximate surface area is 121 Å². The average Bonchev–Trinajstić information content (AvgIpc) is 2.23. The lowest BCUT2D eigenvalue weighted by Crippen LogP contribution is -2.30. The molecule has 0 aliphatic carbocycles. The van der Waals surface area contributed by atoms with Crippen molar-refractivity contribution in [2.75, 3.05) is 0 Å². The van der Waals surface area contributed by atoms with Gasteiger partial charge in [-0.1, -0.05) is 27.7 Å². The van der Waals surface area contributed by atoms with Crippen molar-refractivity contribution in [1.82, 2.24) is 0 Å². The van der Waals surface area contributed by atoms with Gasteiger partial charge in [0.05, 0.1) is 6.42 Å². The van der Waals surface area contributed by atoms with Gasteiger partial charge >= 0.3 is 11.9 Å². The zero-order chi connectivity index (χ0) is 16.3. The normalized spacial score (nSPS) is 13.6. The third kappa shape index (κ3) is 16.9. The largest absolute Gasteiger partial charge is 0.481 e. The maximum absolute atomic E-state index is 10.2. The molecule has 0 amide bonds. The Hall–Kier alpha value is -1.14. The summed E-state index contributed by atoms with van der Waals surface area (Å²) in [6, 6.07) is -0.861. The van der Waals surface area contributed by atoms with E-state index in [9.17, 15) is 9.59 Å². The number of hydrogen-bond acceptors (Lipinski definition) is 4. The van der Waals surface area contributed by atoms with Crippen LogP contribution in [0.2, 0.25) is 0 Å². The number of carboxylic acids is 2. The molecule has 0 fully saturated rings. The van der Waals surface area contributed by atoms with Gasteiger partial charge in [-0.2, -0.15) is 0 Å². The van der Waals surface area contributed by atoms with Gasteiger partial charge < -0.3 is 21.7 Å². The molecule has 6 N–H and O–H groups in total. The van der Waals surface area contributed by atoms with Crippen molar-refractivity contribution in [3.05, 3.63) is 0 Å². The Morgan fingerprint density at radius 1 is 0.950 bits per heavy atom. The van der Waals surface area contributed by atoms with Gasteiger partial charge in [0.2, 0.25) is 0 Å². The third-order valence-electron chi connectivity index (χ3n) is 2.58. The van der Waals surface area contributed by atoms with E-state index >= 15 is 0 Å². The summed E-state index contributed by atoms with van der Waals surface area (Å²) in [6.45, 7) is 8.16. The fourth-order valence-electron chi connectivity index (χ4n) is 1.55. The first-order chi connectivity index (χ1) is 9.06. The molecule has 0 aromatic carbocycles. The summed E-state index contributed by atoms with van der Waals surface area (Å²) in [5, 5.41) is 16.7. The molecule has 120 valence electrons. The molecule has 2 unspecified atom stereocenters. The number of rotatable bonds is 8. The Morgan fingerprint density at radius 2 is 1.45 bits per heavy atom. The minimum absolute atomic E-state index is 0.0815. The van der Waals surface area contributed by atoms with Gasteiger partial charge in [-0.15, -0.1) is 0 Å². The number of nitrogens with two attached hydrogens (primary N) is 2. The second-order valence-corrected chi connectivity index (χ2v) is 5.90. The summed E-state index contributed by atoms with van der Waals surface area (Å²) in [7, 11) is 0. The standard InChI is InChI=1S/2C7H15NO2/c1-5(2)3-6(8)4-7(9)10;1-5(2)3-4-6(8)7(9)10/h2*5-6H,3-4,8H2,1-2H3,(H,9,10). The first-order valence-electron chi connectivity index (χ1n) is 7.01. The van der Waals surface area contributed by atoms with Crippen LogP contribution in [0.25, 0.3) is 0 Å². The van der Waals surface area contributed by atoms with Crippen LogP contribution < -0.4 is 11.5 Å². The Morgan fingerprint density at radius 3 is 1.75 bits per heavy atom. The van der Waals surface area contributed by atoms with Crippen molar-refractivity contribution >= 4 is 11.9 Å². The van der Waals surface area contributed by atoms with E-state index in [-0.39, 0.29) is 12.5 Å². The van der Waals surface area contributed by atoms with Crippen LogP contribution in [0.3, 0.4) is 0 Å². The predicted molar refractivity (Wildman–Crippen MR) is 79.4 cm³/mol. The van der Waals surface area contributed by atoms with E-state index in [1.54, 1.807) is 0 Å². The van der Waals surface area contributed by atoms with E-state index < -0.39 is 18.0 Å². The van der Waals surface area contributed by atoms with Crippen molar-refractivity contribution in [1.29, 1.82) is 0 Å². The van der Waals surface area contributed by atoms with Crippen molar-refractivity contribution in [2.45, 2.75) is 65.5 Å². The fourth-order valence-corrected chi connectivity index (χ4v) is 1.55. The molecule has 0 aromatic heterocycles. The van der Waals surface area contributed by atoms with E-state index in [4.69, 9.17) is 21.7 Å². The first kappa shape index (κ1) is 21.2. The van der Waals surface area contributed by atoms with E-state index in [1.807, 2.05) is 13.8 Å². The molecule has 20 heavy (non-hydrogen) atoms. The second-order valence-electron chi connectivity index (χ2n) is 5.90. The number of aliphatic carboxylic acids is 2. The molecule has 0 aliphatic heterocycles. The Bertz CT molecular complexity index is 280. The van der Waals surface area contributed by atoms with Gasteiger partial charge in [0.15, 0.2) is 0 Å². The highest BCUT2D eigenvalue weighted by atomic mass is 16.4. The monoisotopic (exact) mass is 290 g/mol. The van der Waals surface area contributed by atoms with Crippen molar-refractivity contribution in [3.8, 4) is 0 Å². The first-order valence-corrected chi connectivity index (χ1v) is 7.01. The molecule has 0 saturated carbocycles. The van der Waals surface area contributed by atoms with Gasteiger partial charge in [-0.25, -0.2) is 0 Å². The Balaban J connectivity index is 0. The zero-order valence-electron chi connectivity index (χ0n) is 13.0. The smallest absolute Gasteiger partial charge is 0.320 e. The van der Waals surface area contributed by atoms with Gasteiger partial charge in [0.25, 0.3) is 0 Å². The summed E-state index contributed by atoms with van der Waals surface area (Å²) >= 11 is 0. The molecule has 0 aliphatic rings. The van der Waals surface area contributed by atoms with Crippen molar-refractivity contribution < 1.29 is 19.8 Å². The lowest BCUT2D eigenvalue weighted by molar-refractivity contribution is -0.139. The quantitative estimate of drug-likeness (QED) is 0.538. The molecule has 6 nitrogen and oxygen atoms in total. The summed E-state index contributed by atoms with van der Waals surface area (Å²) in [5.74, 6) is -0.700. The molecule has 0 aromatic rings. The highest BCUT2D eigenvalue weighted by Gasteiger charge is 2.10. The minimum Gasteiger partial charge on any atom is -0.481 e. The van der Waals surface area contributed by atoms with Gasteiger partial charge in [-0.3, -0.25) is 9.59 Å². The molecule has 6 heteroatoms. The van der Waals surface area contributed by atoms with E-state index in [2.05, 4.69) is 13.8 Å². The van der Waals surface area contributed by atoms with Crippen LogP contribution in [0.1, 0.15) is 53.4 Å². The van der Waals surface area contributed by atoms with Gasteiger partial charge in [-0.05, 0) is 31.1 Å². The summed E-state index contributed by atoms with van der Waals surface area (Å²) in [6.07, 6.45) is 2.32. The molecule has 0 bridgehead atoms. The van der Waals surface area contributed by atoms with Crippen LogP contribution >= 0.6 is 0 Å². The molecule has 0 saturated heterocycles. The number of hydrogen-bond donors (Lipinski definition) is 4. The summed E-state index contributed by atoms with van der Waals surface area (Å²) < 4.78 is 0. The molecule has 0 spiro atoms.